The smallest absolute Gasteiger partial charge is 0.323 e. The van der Waals surface area contributed by atoms with Crippen LogP contribution in [0.4, 0.5) is 33.2 Å². The maximum Gasteiger partial charge on any atom is 0.323 e. The summed E-state index contributed by atoms with van der Waals surface area (Å²) in [5.74, 6) is -3.64. The number of fused-ring (bicyclic) bond motifs is 2. The lowest BCUT2D eigenvalue weighted by molar-refractivity contribution is -0.432. The van der Waals surface area contributed by atoms with Crippen LogP contribution in [0.5, 0.6) is 11.5 Å². The summed E-state index contributed by atoms with van der Waals surface area (Å²) in [6.07, 6.45) is 0. The number of anilines is 5. The van der Waals surface area contributed by atoms with Crippen molar-refractivity contribution in [2.24, 2.45) is 0 Å². The first-order valence-electron chi connectivity index (χ1n) is 19.0. The molecular weight excluding hydrogens is 991 g/mol. The Morgan fingerprint density at radius 2 is 0.841 bits per heavy atom. The van der Waals surface area contributed by atoms with E-state index in [1.807, 2.05) is 0 Å². The quantitative estimate of drug-likeness (QED) is 0.0226. The summed E-state index contributed by atoms with van der Waals surface area (Å²) in [5.41, 5.74) is -0.372. The zero-order valence-corrected chi connectivity index (χ0v) is 37.5. The zero-order chi connectivity index (χ0) is 50.0. The molecule has 0 saturated heterocycles. The van der Waals surface area contributed by atoms with Crippen LogP contribution in [0.15, 0.2) is 141 Å². The lowest BCUT2D eigenvalue weighted by Gasteiger charge is -2.14. The van der Waals surface area contributed by atoms with E-state index in [0.717, 1.165) is 30.3 Å². The van der Waals surface area contributed by atoms with Gasteiger partial charge in [0.15, 0.2) is 0 Å². The molecule has 5 amide bonds. The van der Waals surface area contributed by atoms with Gasteiger partial charge in [0.2, 0.25) is 0 Å². The van der Waals surface area contributed by atoms with Crippen molar-refractivity contribution in [3.63, 3.8) is 0 Å². The third-order valence-corrected chi connectivity index (χ3v) is 12.7. The average Bonchev–Trinajstić information content (AvgIpc) is 3.27. The van der Waals surface area contributed by atoms with Crippen LogP contribution in [-0.2, 0) is 39.7 Å². The van der Waals surface area contributed by atoms with E-state index >= 15 is 0 Å². The standard InChI is InChI=1S/C42H31N5O18S4/c48-35-17-29(66-65-64-54)13-24-14-30(67(55,56)57)18-33(37(24)35)46-40(51)22-5-1-7-26(10-22)43-39(50)21-4-2-8-27(11-21)44-42(53)45-28-9-3-6-23(12-28)41(52)47-34-19-31(68(58,59)60)15-25-16-32(69(61,62)63)20-36(49)38(25)34/h1-20,48-49,54H,(H,43,50)(H,46,51)(H,47,52)(H2,44,45,53)(H,55,56,57)(H,58,59,60)(H,61,62,63). The Morgan fingerprint density at radius 3 is 1.26 bits per heavy atom. The van der Waals surface area contributed by atoms with Crippen molar-refractivity contribution in [3.8, 4) is 11.5 Å². The lowest BCUT2D eigenvalue weighted by atomic mass is 10.1. The van der Waals surface area contributed by atoms with E-state index in [2.05, 4.69) is 36.0 Å². The van der Waals surface area contributed by atoms with Crippen molar-refractivity contribution in [2.45, 2.75) is 19.6 Å². The predicted octanol–water partition coefficient (Wildman–Crippen LogP) is 6.97. The Morgan fingerprint density at radius 1 is 0.464 bits per heavy atom. The van der Waals surface area contributed by atoms with E-state index in [-0.39, 0.29) is 71.6 Å². The van der Waals surface area contributed by atoms with Gasteiger partial charge in [-0.2, -0.15) is 25.3 Å². The highest BCUT2D eigenvalue weighted by molar-refractivity contribution is 7.94. The number of hydrogen-bond donors (Lipinski definition) is 11. The molecule has 0 radical (unpaired) electrons. The van der Waals surface area contributed by atoms with Gasteiger partial charge in [-0.15, -0.1) is 4.33 Å². The molecule has 7 aromatic carbocycles. The van der Waals surface area contributed by atoms with Crippen LogP contribution < -0.4 is 26.6 Å². The number of rotatable bonds is 14. The number of amides is 5. The van der Waals surface area contributed by atoms with Gasteiger partial charge in [-0.1, -0.05) is 23.2 Å². The summed E-state index contributed by atoms with van der Waals surface area (Å²) in [5, 5.41) is 45.5. The third-order valence-electron chi connectivity index (χ3n) is 9.65. The van der Waals surface area contributed by atoms with Gasteiger partial charge in [0.1, 0.15) is 11.5 Å². The number of hydrogen-bond acceptors (Lipinski definition) is 16. The largest absolute Gasteiger partial charge is 0.507 e. The highest BCUT2D eigenvalue weighted by Gasteiger charge is 2.23. The molecule has 69 heavy (non-hydrogen) atoms. The van der Waals surface area contributed by atoms with Gasteiger partial charge in [0.05, 0.1) is 38.1 Å². The summed E-state index contributed by atoms with van der Waals surface area (Å²) in [6.45, 7) is 0. The molecule has 356 valence electrons. The predicted molar refractivity (Wildman–Crippen MR) is 247 cm³/mol. The summed E-state index contributed by atoms with van der Waals surface area (Å²) < 4.78 is 105. The SMILES string of the molecule is O=C(Nc1cccc(C(=O)Nc2cccc(C(=O)Nc3cc(S(=O)(=O)O)cc4cc(SOOO)cc(O)c34)c2)c1)Nc1cccc(C(=O)Nc2cc(S(=O)(=O)O)cc3cc(S(=O)(=O)O)cc(O)c23)c1. The minimum atomic E-state index is -4.94. The highest BCUT2D eigenvalue weighted by Crippen LogP contribution is 2.39. The van der Waals surface area contributed by atoms with Crippen molar-refractivity contribution in [1.29, 1.82) is 0 Å². The number of carbonyl (C=O) groups excluding carboxylic acids is 4. The Hall–Kier alpha value is -7.70. The molecule has 0 heterocycles. The molecule has 27 heteroatoms. The number of urea groups is 1. The number of phenolic OH excluding ortho intramolecular Hbond substituents is 2. The summed E-state index contributed by atoms with van der Waals surface area (Å²) in [4.78, 5) is 51.2. The van der Waals surface area contributed by atoms with Crippen LogP contribution >= 0.6 is 12.0 Å². The third kappa shape index (κ3) is 11.7. The number of benzene rings is 7. The van der Waals surface area contributed by atoms with Crippen LogP contribution in [0.2, 0.25) is 0 Å². The average molecular weight is 1020 g/mol. The van der Waals surface area contributed by atoms with Crippen LogP contribution in [0.1, 0.15) is 31.1 Å². The molecule has 0 bridgehead atoms. The second-order valence-corrected chi connectivity index (χ2v) is 19.4. The van der Waals surface area contributed by atoms with Crippen LogP contribution in [-0.4, -0.2) is 78.1 Å². The Labute approximate surface area is 393 Å². The number of aromatic hydroxyl groups is 2. The fourth-order valence-electron chi connectivity index (χ4n) is 6.72. The van der Waals surface area contributed by atoms with Gasteiger partial charge in [-0.05, 0) is 108 Å². The molecule has 0 spiro atoms. The minimum absolute atomic E-state index is 0.0291. The van der Waals surface area contributed by atoms with Gasteiger partial charge in [0.25, 0.3) is 48.1 Å². The van der Waals surface area contributed by atoms with Crippen LogP contribution in [0.3, 0.4) is 0 Å². The molecule has 0 aliphatic rings. The first-order valence-corrected chi connectivity index (χ1v) is 24.0. The van der Waals surface area contributed by atoms with Crippen LogP contribution in [0.25, 0.3) is 21.5 Å². The fraction of sp³-hybridized carbons (Fsp3) is 0. The van der Waals surface area contributed by atoms with Crippen LogP contribution in [0, 0.1) is 0 Å². The van der Waals surface area contributed by atoms with Crippen molar-refractivity contribution >= 4 is 116 Å². The monoisotopic (exact) mass is 1020 g/mol. The number of phenols is 2. The van der Waals surface area contributed by atoms with E-state index in [9.17, 15) is 68.3 Å². The number of nitrogens with one attached hydrogen (secondary N) is 5. The van der Waals surface area contributed by atoms with Gasteiger partial charge in [0, 0.05) is 55.5 Å². The van der Waals surface area contributed by atoms with Gasteiger partial charge >= 0.3 is 6.03 Å². The van der Waals surface area contributed by atoms with Gasteiger partial charge in [-0.25, -0.2) is 10.1 Å². The van der Waals surface area contributed by atoms with Crippen molar-refractivity contribution in [2.75, 3.05) is 26.6 Å². The second-order valence-electron chi connectivity index (χ2n) is 14.4. The molecular formula is C42H31N5O18S4. The molecule has 11 N–H and O–H groups in total. The van der Waals surface area contributed by atoms with E-state index in [0.29, 0.717) is 18.1 Å². The normalized spacial score (nSPS) is 11.8. The van der Waals surface area contributed by atoms with Gasteiger partial charge < -0.3 is 36.8 Å². The fourth-order valence-corrected chi connectivity index (χ4v) is 8.79. The molecule has 0 fully saturated rings. The zero-order valence-electron chi connectivity index (χ0n) is 34.3. The van der Waals surface area contributed by atoms with E-state index < -0.39 is 80.3 Å². The maximum atomic E-state index is 13.5. The minimum Gasteiger partial charge on any atom is -0.507 e. The topological polar surface area (TPSA) is 371 Å². The molecule has 0 saturated carbocycles. The molecule has 0 aromatic heterocycles. The summed E-state index contributed by atoms with van der Waals surface area (Å²) in [7, 11) is -14.6. The molecule has 0 aliphatic carbocycles. The van der Waals surface area contributed by atoms with E-state index in [4.69, 9.17) is 5.26 Å². The molecule has 0 aliphatic heterocycles. The van der Waals surface area contributed by atoms with Gasteiger partial charge in [-0.3, -0.25) is 28.0 Å². The molecule has 23 nitrogen and oxygen atoms in total. The maximum absolute atomic E-state index is 13.5. The number of carbonyl (C=O) groups is 4. The van der Waals surface area contributed by atoms with Crippen molar-refractivity contribution in [1.82, 2.24) is 0 Å². The summed E-state index contributed by atoms with van der Waals surface area (Å²) in [6, 6.07) is 23.2. The Bertz CT molecular complexity index is 3630. The first-order chi connectivity index (χ1) is 32.5. The summed E-state index contributed by atoms with van der Waals surface area (Å²) >= 11 is 0.456. The van der Waals surface area contributed by atoms with E-state index in [1.165, 1.54) is 84.9 Å². The van der Waals surface area contributed by atoms with Crippen molar-refractivity contribution in [3.05, 3.63) is 138 Å². The first kappa shape index (κ1) is 49.2. The Balaban J connectivity index is 1.02. The Kier molecular flexibility index (Phi) is 13.9. The molecule has 0 atom stereocenters. The second kappa shape index (κ2) is 19.5. The lowest BCUT2D eigenvalue weighted by Crippen LogP contribution is -2.20. The molecule has 7 rings (SSSR count). The van der Waals surface area contributed by atoms with E-state index in [1.54, 1.807) is 0 Å². The highest BCUT2D eigenvalue weighted by atomic mass is 32.2. The molecule has 7 aromatic rings. The van der Waals surface area contributed by atoms with Crippen molar-refractivity contribution < 1.29 is 82.9 Å². The molecule has 0 unspecified atom stereocenters.